The summed E-state index contributed by atoms with van der Waals surface area (Å²) >= 11 is 0. The van der Waals surface area contributed by atoms with Crippen molar-refractivity contribution in [1.29, 1.82) is 0 Å². The SMILES string of the molecule is CCCCCCCCCCCCCCCCC(CCC)(OC(=O)CCCCCCCCCCCCCCC)C(=O)OOC(=O)CCCCCCCCCCCCCCC. The lowest BCUT2D eigenvalue weighted by Gasteiger charge is -2.30. The van der Waals surface area contributed by atoms with E-state index in [1.165, 1.54) is 199 Å². The molecule has 0 saturated heterocycles. The largest absolute Gasteiger partial charge is 0.447 e. The van der Waals surface area contributed by atoms with E-state index in [9.17, 15) is 14.4 Å². The summed E-state index contributed by atoms with van der Waals surface area (Å²) in [5.74, 6) is -1.60. The van der Waals surface area contributed by atoms with Gasteiger partial charge in [-0.05, 0) is 32.1 Å². The fraction of sp³-hybridized carbons (Fsp3) is 0.943. The lowest BCUT2D eigenvalue weighted by Crippen LogP contribution is -2.45. The minimum atomic E-state index is -1.41. The van der Waals surface area contributed by atoms with Crippen molar-refractivity contribution in [2.45, 2.75) is 322 Å². The molecule has 0 saturated carbocycles. The van der Waals surface area contributed by atoms with Gasteiger partial charge in [0.2, 0.25) is 5.60 Å². The van der Waals surface area contributed by atoms with Gasteiger partial charge in [0.1, 0.15) is 0 Å². The first-order valence-corrected chi connectivity index (χ1v) is 26.6. The molecule has 0 radical (unpaired) electrons. The molecule has 1 unspecified atom stereocenters. The van der Waals surface area contributed by atoms with Crippen LogP contribution in [-0.4, -0.2) is 23.5 Å². The van der Waals surface area contributed by atoms with Crippen molar-refractivity contribution >= 4 is 17.9 Å². The Morgan fingerprint density at radius 2 is 0.559 bits per heavy atom. The fourth-order valence-corrected chi connectivity index (χ4v) is 8.53. The second kappa shape index (κ2) is 45.9. The van der Waals surface area contributed by atoms with E-state index in [1.54, 1.807) is 0 Å². The molecule has 0 aliphatic rings. The van der Waals surface area contributed by atoms with Gasteiger partial charge in [0.05, 0.1) is 6.42 Å². The molecule has 0 fully saturated rings. The second-order valence-corrected chi connectivity index (χ2v) is 18.4. The highest BCUT2D eigenvalue weighted by Crippen LogP contribution is 2.30. The first-order chi connectivity index (χ1) is 29.0. The van der Waals surface area contributed by atoms with Crippen LogP contribution in [0.15, 0.2) is 0 Å². The van der Waals surface area contributed by atoms with Gasteiger partial charge >= 0.3 is 17.9 Å². The van der Waals surface area contributed by atoms with Crippen molar-refractivity contribution in [3.8, 4) is 0 Å². The van der Waals surface area contributed by atoms with E-state index < -0.39 is 17.5 Å². The zero-order valence-electron chi connectivity index (χ0n) is 40.3. The monoisotopic (exact) mass is 835 g/mol. The summed E-state index contributed by atoms with van der Waals surface area (Å²) in [6, 6.07) is 0. The Kier molecular flexibility index (Phi) is 44.7. The van der Waals surface area contributed by atoms with Crippen LogP contribution in [0.1, 0.15) is 317 Å². The second-order valence-electron chi connectivity index (χ2n) is 18.4. The number of ether oxygens (including phenoxy) is 1. The molecule has 6 nitrogen and oxygen atoms in total. The number of carbonyl (C=O) groups excluding carboxylic acids is 3. The highest BCUT2D eigenvalue weighted by Gasteiger charge is 2.44. The third-order valence-corrected chi connectivity index (χ3v) is 12.4. The first kappa shape index (κ1) is 57.4. The summed E-state index contributed by atoms with van der Waals surface area (Å²) in [5.41, 5.74) is -1.41. The molecule has 59 heavy (non-hydrogen) atoms. The molecule has 0 aliphatic heterocycles. The lowest BCUT2D eigenvalue weighted by molar-refractivity contribution is -0.273. The average Bonchev–Trinajstić information content (AvgIpc) is 3.23. The standard InChI is InChI=1S/C53H102O6/c1-5-9-12-15-18-21-24-27-30-33-36-39-42-45-49-53(48-8-4,57-50(54)46-43-40-37-34-31-28-25-22-19-16-13-10-6-2)52(56)59-58-51(55)47-44-41-38-35-32-29-26-23-20-17-14-11-7-3/h5-49H2,1-4H3. The van der Waals surface area contributed by atoms with Gasteiger partial charge < -0.3 is 4.74 Å². The summed E-state index contributed by atoms with van der Waals surface area (Å²) in [6.45, 7) is 8.80. The van der Waals surface area contributed by atoms with Gasteiger partial charge in [-0.25, -0.2) is 19.4 Å². The highest BCUT2D eigenvalue weighted by molar-refractivity contribution is 5.84. The Hall–Kier alpha value is -1.59. The molecule has 6 heteroatoms. The maximum absolute atomic E-state index is 13.7. The first-order valence-electron chi connectivity index (χ1n) is 26.6. The maximum atomic E-state index is 13.7. The van der Waals surface area contributed by atoms with E-state index in [-0.39, 0.29) is 12.4 Å². The van der Waals surface area contributed by atoms with Crippen LogP contribution in [0.25, 0.3) is 0 Å². The molecule has 1 atom stereocenters. The van der Waals surface area contributed by atoms with Crippen LogP contribution in [0.3, 0.4) is 0 Å². The van der Waals surface area contributed by atoms with Crippen LogP contribution in [0.5, 0.6) is 0 Å². The van der Waals surface area contributed by atoms with Crippen LogP contribution in [0.4, 0.5) is 0 Å². The molecule has 0 bridgehead atoms. The summed E-state index contributed by atoms with van der Waals surface area (Å²) in [4.78, 5) is 49.8. The van der Waals surface area contributed by atoms with Crippen LogP contribution in [0.2, 0.25) is 0 Å². The van der Waals surface area contributed by atoms with Gasteiger partial charge in [0.25, 0.3) is 0 Å². The summed E-state index contributed by atoms with van der Waals surface area (Å²) in [7, 11) is 0. The quantitative estimate of drug-likeness (QED) is 0.0263. The van der Waals surface area contributed by atoms with Gasteiger partial charge in [-0.15, -0.1) is 0 Å². The van der Waals surface area contributed by atoms with Crippen molar-refractivity contribution in [1.82, 2.24) is 0 Å². The predicted molar refractivity (Wildman–Crippen MR) is 251 cm³/mol. The van der Waals surface area contributed by atoms with E-state index in [0.29, 0.717) is 25.7 Å². The summed E-state index contributed by atoms with van der Waals surface area (Å²) in [5, 5.41) is 0. The van der Waals surface area contributed by atoms with Crippen molar-refractivity contribution in [2.24, 2.45) is 0 Å². The molecular weight excluding hydrogens is 733 g/mol. The van der Waals surface area contributed by atoms with Gasteiger partial charge in [0.15, 0.2) is 0 Å². The summed E-state index contributed by atoms with van der Waals surface area (Å²) < 4.78 is 6.07. The molecule has 0 aromatic rings. The molecule has 0 rings (SSSR count). The van der Waals surface area contributed by atoms with Crippen LogP contribution >= 0.6 is 0 Å². The zero-order chi connectivity index (χ0) is 43.2. The van der Waals surface area contributed by atoms with Crippen LogP contribution < -0.4 is 0 Å². The van der Waals surface area contributed by atoms with Crippen molar-refractivity contribution in [2.75, 3.05) is 0 Å². The minimum Gasteiger partial charge on any atom is -0.447 e. The third kappa shape index (κ3) is 39.0. The number of hydrogen-bond acceptors (Lipinski definition) is 6. The van der Waals surface area contributed by atoms with Gasteiger partial charge in [-0.1, -0.05) is 272 Å². The molecule has 0 aliphatic carbocycles. The van der Waals surface area contributed by atoms with E-state index in [0.717, 1.165) is 57.8 Å². The lowest BCUT2D eigenvalue weighted by atomic mass is 9.90. The molecule has 0 amide bonds. The smallest absolute Gasteiger partial charge is 0.398 e. The molecule has 0 heterocycles. The van der Waals surface area contributed by atoms with Crippen molar-refractivity contribution in [3.63, 3.8) is 0 Å². The Morgan fingerprint density at radius 3 is 0.864 bits per heavy atom. The van der Waals surface area contributed by atoms with Crippen molar-refractivity contribution < 1.29 is 28.9 Å². The third-order valence-electron chi connectivity index (χ3n) is 12.4. The average molecular weight is 835 g/mol. The van der Waals surface area contributed by atoms with E-state index >= 15 is 0 Å². The highest BCUT2D eigenvalue weighted by atomic mass is 17.2. The van der Waals surface area contributed by atoms with Gasteiger partial charge in [-0.2, -0.15) is 0 Å². The molecule has 0 spiro atoms. The number of esters is 1. The zero-order valence-corrected chi connectivity index (χ0v) is 40.3. The normalized spacial score (nSPS) is 12.4. The van der Waals surface area contributed by atoms with Crippen LogP contribution in [0, 0.1) is 0 Å². The molecule has 0 aromatic heterocycles. The van der Waals surface area contributed by atoms with Gasteiger partial charge in [0, 0.05) is 6.42 Å². The Bertz CT molecular complexity index is 904. The maximum Gasteiger partial charge on any atom is 0.398 e. The number of hydrogen-bond donors (Lipinski definition) is 0. The van der Waals surface area contributed by atoms with E-state index in [1.807, 2.05) is 6.92 Å². The predicted octanol–water partition coefficient (Wildman–Crippen LogP) is 17.9. The molecule has 0 N–H and O–H groups in total. The number of rotatable bonds is 47. The molecule has 350 valence electrons. The van der Waals surface area contributed by atoms with Gasteiger partial charge in [-0.3, -0.25) is 4.79 Å². The van der Waals surface area contributed by atoms with E-state index in [2.05, 4.69) is 20.8 Å². The fourth-order valence-electron chi connectivity index (χ4n) is 8.53. The minimum absolute atomic E-state index is 0.226. The van der Waals surface area contributed by atoms with Crippen molar-refractivity contribution in [3.05, 3.63) is 0 Å². The summed E-state index contributed by atoms with van der Waals surface area (Å²) in [6.07, 6.45) is 51.6. The molecular formula is C53H102O6. The Labute approximate surface area is 367 Å². The molecule has 0 aromatic carbocycles. The van der Waals surface area contributed by atoms with Crippen LogP contribution in [-0.2, 0) is 28.9 Å². The number of unbranched alkanes of at least 4 members (excludes halogenated alkanes) is 37. The Balaban J connectivity index is 4.70. The topological polar surface area (TPSA) is 78.9 Å². The Morgan fingerprint density at radius 1 is 0.288 bits per heavy atom. The number of carbonyl (C=O) groups is 3. The van der Waals surface area contributed by atoms with E-state index in [4.69, 9.17) is 14.5 Å².